The molecule has 0 aliphatic carbocycles. The summed E-state index contributed by atoms with van der Waals surface area (Å²) in [5.74, 6) is 1.09. The molecule has 150 valence electrons. The number of methoxy groups -OCH3 is 2. The number of amides is 1. The number of anilines is 1. The van der Waals surface area contributed by atoms with Crippen molar-refractivity contribution in [2.24, 2.45) is 0 Å². The minimum Gasteiger partial charge on any atom is -0.497 e. The van der Waals surface area contributed by atoms with Crippen LogP contribution in [0.1, 0.15) is 0 Å². The lowest BCUT2D eigenvalue weighted by Gasteiger charge is -2.07. The molecule has 0 spiro atoms. The normalized spacial score (nSPS) is 10.4. The number of thioether (sulfide) groups is 1. The second kappa shape index (κ2) is 9.06. The molecule has 11 heteroatoms. The van der Waals surface area contributed by atoms with E-state index in [1.165, 1.54) is 31.4 Å². The zero-order valence-electron chi connectivity index (χ0n) is 15.4. The van der Waals surface area contributed by atoms with E-state index in [-0.39, 0.29) is 28.5 Å². The molecule has 1 heterocycles. The minimum absolute atomic E-state index is 0.0217. The van der Waals surface area contributed by atoms with E-state index < -0.39 is 4.92 Å². The molecular weight excluding hydrogens is 400 g/mol. The Kier molecular flexibility index (Phi) is 6.29. The maximum Gasteiger partial charge on any atom is 0.277 e. The number of nitrogens with one attached hydrogen (secondary N) is 1. The highest BCUT2D eigenvalue weighted by Crippen LogP contribution is 2.33. The van der Waals surface area contributed by atoms with Gasteiger partial charge in [0, 0.05) is 17.8 Å². The van der Waals surface area contributed by atoms with Gasteiger partial charge in [0.1, 0.15) is 11.5 Å². The van der Waals surface area contributed by atoms with Gasteiger partial charge in [0.25, 0.3) is 16.8 Å². The van der Waals surface area contributed by atoms with Gasteiger partial charge in [-0.2, -0.15) is 0 Å². The molecule has 3 rings (SSSR count). The molecule has 1 aromatic heterocycles. The number of nitrogens with zero attached hydrogens (tertiary/aromatic N) is 3. The van der Waals surface area contributed by atoms with E-state index in [1.54, 1.807) is 25.3 Å². The topological polar surface area (TPSA) is 130 Å². The zero-order valence-corrected chi connectivity index (χ0v) is 16.3. The molecule has 2 aromatic carbocycles. The fourth-order valence-electron chi connectivity index (χ4n) is 2.35. The van der Waals surface area contributed by atoms with Crippen molar-refractivity contribution in [2.45, 2.75) is 5.22 Å². The highest BCUT2D eigenvalue weighted by Gasteiger charge is 2.16. The Morgan fingerprint density at radius 1 is 1.17 bits per heavy atom. The van der Waals surface area contributed by atoms with Gasteiger partial charge in [-0.25, -0.2) is 0 Å². The van der Waals surface area contributed by atoms with Crippen molar-refractivity contribution in [3.05, 3.63) is 52.6 Å². The van der Waals surface area contributed by atoms with E-state index in [1.807, 2.05) is 0 Å². The number of benzene rings is 2. The van der Waals surface area contributed by atoms with Crippen LogP contribution in [0.2, 0.25) is 0 Å². The van der Waals surface area contributed by atoms with Gasteiger partial charge in [0.15, 0.2) is 0 Å². The second-order valence-corrected chi connectivity index (χ2v) is 6.51. The Balaban J connectivity index is 1.62. The van der Waals surface area contributed by atoms with Crippen molar-refractivity contribution >= 4 is 29.0 Å². The summed E-state index contributed by atoms with van der Waals surface area (Å²) in [7, 11) is 3.07. The number of rotatable bonds is 8. The van der Waals surface area contributed by atoms with E-state index in [2.05, 4.69) is 15.5 Å². The molecule has 0 radical (unpaired) electrons. The smallest absolute Gasteiger partial charge is 0.277 e. The molecule has 1 amide bonds. The summed E-state index contributed by atoms with van der Waals surface area (Å²) in [4.78, 5) is 22.2. The van der Waals surface area contributed by atoms with Gasteiger partial charge in [0.05, 0.1) is 30.5 Å². The molecule has 10 nitrogen and oxygen atoms in total. The number of carbonyl (C=O) groups is 1. The molecule has 29 heavy (non-hydrogen) atoms. The molecule has 0 aliphatic rings. The monoisotopic (exact) mass is 416 g/mol. The fraction of sp³-hybridized carbons (Fsp3) is 0.167. The Hall–Kier alpha value is -3.60. The Bertz CT molecular complexity index is 1020. The standard InChI is InChI=1S/C18H16N4O6S/c1-26-13-7-8-15(27-2)14(9-13)17-20-21-18(28-17)29-10-16(23)19-11-3-5-12(6-4-11)22(24)25/h3-9H,10H2,1-2H3,(H,19,23). The van der Waals surface area contributed by atoms with Crippen LogP contribution in [-0.2, 0) is 4.79 Å². The molecule has 0 aliphatic heterocycles. The summed E-state index contributed by atoms with van der Waals surface area (Å²) >= 11 is 1.06. The molecule has 0 unspecified atom stereocenters. The Labute approximate surface area is 169 Å². The van der Waals surface area contributed by atoms with Gasteiger partial charge >= 0.3 is 0 Å². The van der Waals surface area contributed by atoms with E-state index in [9.17, 15) is 14.9 Å². The summed E-state index contributed by atoms with van der Waals surface area (Å²) in [5, 5.41) is 21.4. The van der Waals surface area contributed by atoms with Crippen molar-refractivity contribution in [3.8, 4) is 23.0 Å². The SMILES string of the molecule is COc1ccc(OC)c(-c2nnc(SCC(=O)Nc3ccc([N+](=O)[O-])cc3)o2)c1. The number of nitro benzene ring substituents is 1. The van der Waals surface area contributed by atoms with E-state index >= 15 is 0 Å². The largest absolute Gasteiger partial charge is 0.497 e. The number of hydrogen-bond donors (Lipinski definition) is 1. The van der Waals surface area contributed by atoms with Crippen LogP contribution in [0, 0.1) is 10.1 Å². The molecule has 0 atom stereocenters. The summed E-state index contributed by atoms with van der Waals surface area (Å²) in [6, 6.07) is 10.7. The van der Waals surface area contributed by atoms with Crippen molar-refractivity contribution in [1.82, 2.24) is 10.2 Å². The Morgan fingerprint density at radius 3 is 2.59 bits per heavy atom. The van der Waals surface area contributed by atoms with Crippen LogP contribution in [0.25, 0.3) is 11.5 Å². The van der Waals surface area contributed by atoms with Crippen LogP contribution in [-0.4, -0.2) is 41.0 Å². The summed E-state index contributed by atoms with van der Waals surface area (Å²) in [5.41, 5.74) is 0.971. The third-order valence-corrected chi connectivity index (χ3v) is 4.55. The fourth-order valence-corrected chi connectivity index (χ4v) is 2.91. The average molecular weight is 416 g/mol. The van der Waals surface area contributed by atoms with Crippen LogP contribution in [0.15, 0.2) is 52.1 Å². The van der Waals surface area contributed by atoms with Crippen molar-refractivity contribution in [3.63, 3.8) is 0 Å². The van der Waals surface area contributed by atoms with Crippen LogP contribution in [0.3, 0.4) is 0 Å². The predicted molar refractivity (Wildman–Crippen MR) is 105 cm³/mol. The van der Waals surface area contributed by atoms with Gasteiger partial charge in [0.2, 0.25) is 5.91 Å². The van der Waals surface area contributed by atoms with Gasteiger partial charge < -0.3 is 19.2 Å². The maximum atomic E-state index is 12.1. The number of ether oxygens (including phenoxy) is 2. The first-order chi connectivity index (χ1) is 14.0. The third kappa shape index (κ3) is 5.02. The van der Waals surface area contributed by atoms with E-state index in [0.717, 1.165) is 11.8 Å². The lowest BCUT2D eigenvalue weighted by Crippen LogP contribution is -2.13. The summed E-state index contributed by atoms with van der Waals surface area (Å²) in [6.07, 6.45) is 0. The van der Waals surface area contributed by atoms with E-state index in [4.69, 9.17) is 13.9 Å². The number of carbonyl (C=O) groups excluding carboxylic acids is 1. The predicted octanol–water partition coefficient (Wildman–Crippen LogP) is 3.39. The number of nitro groups is 1. The van der Waals surface area contributed by atoms with Gasteiger partial charge in [-0.1, -0.05) is 11.8 Å². The first kappa shape index (κ1) is 20.1. The van der Waals surface area contributed by atoms with Crippen LogP contribution in [0.5, 0.6) is 11.5 Å². The van der Waals surface area contributed by atoms with Crippen molar-refractivity contribution in [1.29, 1.82) is 0 Å². The van der Waals surface area contributed by atoms with Crippen molar-refractivity contribution in [2.75, 3.05) is 25.3 Å². The molecule has 1 N–H and O–H groups in total. The lowest BCUT2D eigenvalue weighted by molar-refractivity contribution is -0.384. The molecular formula is C18H16N4O6S. The highest BCUT2D eigenvalue weighted by atomic mass is 32.2. The van der Waals surface area contributed by atoms with E-state index in [0.29, 0.717) is 22.7 Å². The number of hydrogen-bond acceptors (Lipinski definition) is 9. The van der Waals surface area contributed by atoms with Crippen molar-refractivity contribution < 1.29 is 23.6 Å². The molecule has 0 fully saturated rings. The summed E-state index contributed by atoms with van der Waals surface area (Å²) in [6.45, 7) is 0. The zero-order chi connectivity index (χ0) is 20.8. The van der Waals surface area contributed by atoms with Gasteiger partial charge in [-0.3, -0.25) is 14.9 Å². The molecule has 0 saturated carbocycles. The second-order valence-electron chi connectivity index (χ2n) is 5.58. The summed E-state index contributed by atoms with van der Waals surface area (Å²) < 4.78 is 16.1. The lowest BCUT2D eigenvalue weighted by atomic mass is 10.2. The van der Waals surface area contributed by atoms with Crippen LogP contribution >= 0.6 is 11.8 Å². The number of non-ortho nitro benzene ring substituents is 1. The van der Waals surface area contributed by atoms with Gasteiger partial charge in [-0.05, 0) is 30.3 Å². The minimum atomic E-state index is -0.508. The third-order valence-electron chi connectivity index (χ3n) is 3.73. The highest BCUT2D eigenvalue weighted by molar-refractivity contribution is 7.99. The Morgan fingerprint density at radius 2 is 1.93 bits per heavy atom. The average Bonchev–Trinajstić information content (AvgIpc) is 3.21. The molecule has 0 saturated heterocycles. The quantitative estimate of drug-likeness (QED) is 0.333. The van der Waals surface area contributed by atoms with Crippen LogP contribution < -0.4 is 14.8 Å². The molecule has 3 aromatic rings. The molecule has 0 bridgehead atoms. The first-order valence-corrected chi connectivity index (χ1v) is 9.21. The number of aromatic nitrogens is 2. The first-order valence-electron chi connectivity index (χ1n) is 8.23. The maximum absolute atomic E-state index is 12.1. The van der Waals surface area contributed by atoms with Crippen LogP contribution in [0.4, 0.5) is 11.4 Å². The van der Waals surface area contributed by atoms with Gasteiger partial charge in [-0.15, -0.1) is 10.2 Å².